The number of rotatable bonds is 6. The van der Waals surface area contributed by atoms with E-state index in [2.05, 4.69) is 4.98 Å². The van der Waals surface area contributed by atoms with Crippen LogP contribution in [0.4, 0.5) is 0 Å². The molecule has 0 aliphatic carbocycles. The van der Waals surface area contributed by atoms with Gasteiger partial charge in [-0.2, -0.15) is 0 Å². The van der Waals surface area contributed by atoms with Gasteiger partial charge in [0.25, 0.3) is 0 Å². The molecule has 21 heavy (non-hydrogen) atoms. The summed E-state index contributed by atoms with van der Waals surface area (Å²) in [5.74, 6) is -0.897. The molecule has 0 saturated carbocycles. The van der Waals surface area contributed by atoms with Crippen molar-refractivity contribution >= 4 is 23.2 Å². The standard InChI is InChI=1S/C15H16N2O3S/c1-17(8-13-9-21-10-16-13)14(18)7-4-11-2-5-12(6-3-11)15(19)20/h2-3,5-6,9-10H,4,7-8H2,1H3,(H,19,20). The van der Waals surface area contributed by atoms with Crippen molar-refractivity contribution < 1.29 is 14.7 Å². The Balaban J connectivity index is 1.84. The minimum absolute atomic E-state index is 0.0466. The molecule has 0 aliphatic heterocycles. The van der Waals surface area contributed by atoms with E-state index in [0.717, 1.165) is 11.3 Å². The monoisotopic (exact) mass is 304 g/mol. The van der Waals surface area contributed by atoms with Crippen molar-refractivity contribution in [3.63, 3.8) is 0 Å². The Hall–Kier alpha value is -2.21. The van der Waals surface area contributed by atoms with Crippen molar-refractivity contribution in [1.82, 2.24) is 9.88 Å². The number of thiazole rings is 1. The Morgan fingerprint density at radius 3 is 2.57 bits per heavy atom. The lowest BCUT2D eigenvalue weighted by Gasteiger charge is -2.15. The topological polar surface area (TPSA) is 70.5 Å². The summed E-state index contributed by atoms with van der Waals surface area (Å²) in [6, 6.07) is 6.61. The number of carbonyl (C=O) groups is 2. The van der Waals surface area contributed by atoms with Crippen LogP contribution in [0.25, 0.3) is 0 Å². The zero-order valence-corrected chi connectivity index (χ0v) is 12.5. The molecular weight excluding hydrogens is 288 g/mol. The Labute approximate surface area is 126 Å². The summed E-state index contributed by atoms with van der Waals surface area (Å²) in [5, 5.41) is 10.7. The first-order chi connectivity index (χ1) is 10.1. The minimum atomic E-state index is -0.944. The number of carboxylic acids is 1. The number of carboxylic acid groups (broad SMARTS) is 1. The molecule has 2 aromatic rings. The molecule has 1 heterocycles. The lowest BCUT2D eigenvalue weighted by Crippen LogP contribution is -2.26. The van der Waals surface area contributed by atoms with Crippen molar-refractivity contribution in [2.24, 2.45) is 0 Å². The number of aromatic carboxylic acids is 1. The summed E-state index contributed by atoms with van der Waals surface area (Å²) in [7, 11) is 1.76. The first-order valence-corrected chi connectivity index (χ1v) is 7.44. The van der Waals surface area contributed by atoms with Crippen LogP contribution in [-0.4, -0.2) is 33.9 Å². The maximum absolute atomic E-state index is 12.0. The maximum atomic E-state index is 12.0. The third kappa shape index (κ3) is 4.39. The molecule has 0 aliphatic rings. The molecule has 2 rings (SSSR count). The van der Waals surface area contributed by atoms with Gasteiger partial charge in [-0.1, -0.05) is 12.1 Å². The molecule has 6 heteroatoms. The highest BCUT2D eigenvalue weighted by molar-refractivity contribution is 7.07. The van der Waals surface area contributed by atoms with E-state index < -0.39 is 5.97 Å². The Bertz CT molecular complexity index is 608. The molecule has 0 radical (unpaired) electrons. The third-order valence-electron chi connectivity index (χ3n) is 3.14. The highest BCUT2D eigenvalue weighted by Gasteiger charge is 2.10. The predicted molar refractivity (Wildman–Crippen MR) is 80.3 cm³/mol. The van der Waals surface area contributed by atoms with E-state index in [9.17, 15) is 9.59 Å². The molecule has 0 atom stereocenters. The predicted octanol–water partition coefficient (Wildman–Crippen LogP) is 2.43. The summed E-state index contributed by atoms with van der Waals surface area (Å²) in [5.41, 5.74) is 3.85. The molecule has 110 valence electrons. The molecule has 1 N–H and O–H groups in total. The molecule has 0 unspecified atom stereocenters. The van der Waals surface area contributed by atoms with Crippen LogP contribution in [0.5, 0.6) is 0 Å². The van der Waals surface area contributed by atoms with Crippen LogP contribution in [0.3, 0.4) is 0 Å². The lowest BCUT2D eigenvalue weighted by atomic mass is 10.1. The van der Waals surface area contributed by atoms with Crippen molar-refractivity contribution in [3.8, 4) is 0 Å². The summed E-state index contributed by atoms with van der Waals surface area (Å²) in [6.07, 6.45) is 0.993. The normalized spacial score (nSPS) is 10.3. The molecule has 0 bridgehead atoms. The van der Waals surface area contributed by atoms with E-state index in [-0.39, 0.29) is 11.5 Å². The molecule has 1 amide bonds. The Morgan fingerprint density at radius 2 is 2.00 bits per heavy atom. The fraction of sp³-hybridized carbons (Fsp3) is 0.267. The fourth-order valence-electron chi connectivity index (χ4n) is 1.90. The second-order valence-corrected chi connectivity index (χ2v) is 5.45. The van der Waals surface area contributed by atoms with E-state index in [1.54, 1.807) is 41.7 Å². The molecule has 0 spiro atoms. The van der Waals surface area contributed by atoms with E-state index >= 15 is 0 Å². The second-order valence-electron chi connectivity index (χ2n) is 4.73. The van der Waals surface area contributed by atoms with Crippen molar-refractivity contribution in [2.75, 3.05) is 7.05 Å². The number of aryl methyl sites for hydroxylation is 1. The molecule has 5 nitrogen and oxygen atoms in total. The van der Waals surface area contributed by atoms with Gasteiger partial charge in [0.05, 0.1) is 23.3 Å². The second kappa shape index (κ2) is 6.99. The number of aromatic nitrogens is 1. The number of carbonyl (C=O) groups excluding carboxylic acids is 1. The number of hydrogen-bond donors (Lipinski definition) is 1. The van der Waals surface area contributed by atoms with Gasteiger partial charge in [-0.25, -0.2) is 9.78 Å². The SMILES string of the molecule is CN(Cc1cscn1)C(=O)CCc1ccc(C(=O)O)cc1. The quantitative estimate of drug-likeness (QED) is 0.890. The van der Waals surface area contributed by atoms with Gasteiger partial charge in [-0.15, -0.1) is 11.3 Å². The van der Waals surface area contributed by atoms with Gasteiger partial charge in [-0.05, 0) is 24.1 Å². The Morgan fingerprint density at radius 1 is 1.29 bits per heavy atom. The highest BCUT2D eigenvalue weighted by atomic mass is 32.1. The summed E-state index contributed by atoms with van der Waals surface area (Å²) in [4.78, 5) is 28.6. The van der Waals surface area contributed by atoms with Crippen molar-refractivity contribution in [1.29, 1.82) is 0 Å². The van der Waals surface area contributed by atoms with Crippen LogP contribution >= 0.6 is 11.3 Å². The lowest BCUT2D eigenvalue weighted by molar-refractivity contribution is -0.130. The van der Waals surface area contributed by atoms with Gasteiger partial charge < -0.3 is 10.0 Å². The van der Waals surface area contributed by atoms with Gasteiger partial charge in [-0.3, -0.25) is 4.79 Å². The van der Waals surface area contributed by atoms with Crippen molar-refractivity contribution in [2.45, 2.75) is 19.4 Å². The molecule has 0 saturated heterocycles. The first kappa shape index (κ1) is 15.2. The number of amides is 1. The summed E-state index contributed by atoms with van der Waals surface area (Å²) in [6.45, 7) is 0.514. The van der Waals surface area contributed by atoms with E-state index in [4.69, 9.17) is 5.11 Å². The third-order valence-corrected chi connectivity index (χ3v) is 3.77. The largest absolute Gasteiger partial charge is 0.478 e. The van der Waals surface area contributed by atoms with Gasteiger partial charge in [0, 0.05) is 18.8 Å². The van der Waals surface area contributed by atoms with E-state index in [1.165, 1.54) is 11.3 Å². The summed E-state index contributed by atoms with van der Waals surface area (Å²) < 4.78 is 0. The van der Waals surface area contributed by atoms with Crippen molar-refractivity contribution in [3.05, 3.63) is 52.0 Å². The van der Waals surface area contributed by atoms with Gasteiger partial charge in [0.15, 0.2) is 0 Å². The summed E-state index contributed by atoms with van der Waals surface area (Å²) >= 11 is 1.51. The first-order valence-electron chi connectivity index (χ1n) is 6.49. The smallest absolute Gasteiger partial charge is 0.335 e. The number of hydrogen-bond acceptors (Lipinski definition) is 4. The minimum Gasteiger partial charge on any atom is -0.478 e. The zero-order chi connectivity index (χ0) is 15.2. The maximum Gasteiger partial charge on any atom is 0.335 e. The van der Waals surface area contributed by atoms with Crippen LogP contribution in [0, 0.1) is 0 Å². The van der Waals surface area contributed by atoms with E-state index in [0.29, 0.717) is 19.4 Å². The molecule has 1 aromatic carbocycles. The van der Waals surface area contributed by atoms with Crippen LogP contribution in [0.1, 0.15) is 28.0 Å². The van der Waals surface area contributed by atoms with Gasteiger partial charge in [0.2, 0.25) is 5.91 Å². The highest BCUT2D eigenvalue weighted by Crippen LogP contribution is 2.09. The van der Waals surface area contributed by atoms with E-state index in [1.807, 2.05) is 5.38 Å². The van der Waals surface area contributed by atoms with Crippen LogP contribution < -0.4 is 0 Å². The fourth-order valence-corrected chi connectivity index (χ4v) is 2.45. The van der Waals surface area contributed by atoms with Gasteiger partial charge in [0.1, 0.15) is 0 Å². The zero-order valence-electron chi connectivity index (χ0n) is 11.7. The molecule has 0 fully saturated rings. The van der Waals surface area contributed by atoms with Crippen LogP contribution in [-0.2, 0) is 17.8 Å². The van der Waals surface area contributed by atoms with Crippen LogP contribution in [0.2, 0.25) is 0 Å². The average molecular weight is 304 g/mol. The number of benzene rings is 1. The number of nitrogens with zero attached hydrogens (tertiary/aromatic N) is 2. The Kier molecular flexibility index (Phi) is 5.05. The molecular formula is C15H16N2O3S. The van der Waals surface area contributed by atoms with Gasteiger partial charge >= 0.3 is 5.97 Å². The average Bonchev–Trinajstić information content (AvgIpc) is 2.98. The molecule has 1 aromatic heterocycles. The van der Waals surface area contributed by atoms with Crippen LogP contribution in [0.15, 0.2) is 35.2 Å².